The van der Waals surface area contributed by atoms with Crippen LogP contribution in [0.4, 0.5) is 4.39 Å². The van der Waals surface area contributed by atoms with Crippen LogP contribution in [0, 0.1) is 11.7 Å². The SMILES string of the molecule is NC(=S)c1c(F)cccc1S(=O)(=O)NCCC1CCOC1. The zero-order valence-corrected chi connectivity index (χ0v) is 13.0. The third-order valence-corrected chi connectivity index (χ3v) is 5.09. The summed E-state index contributed by atoms with van der Waals surface area (Å²) in [6.07, 6.45) is 1.61. The summed E-state index contributed by atoms with van der Waals surface area (Å²) in [5.41, 5.74) is 5.18. The van der Waals surface area contributed by atoms with Crippen molar-refractivity contribution in [1.82, 2.24) is 4.72 Å². The molecule has 0 radical (unpaired) electrons. The van der Waals surface area contributed by atoms with Gasteiger partial charge in [0.15, 0.2) is 0 Å². The number of sulfonamides is 1. The number of hydrogen-bond donors (Lipinski definition) is 2. The Morgan fingerprint density at radius 1 is 1.52 bits per heavy atom. The second kappa shape index (κ2) is 6.78. The molecule has 1 aromatic carbocycles. The van der Waals surface area contributed by atoms with E-state index in [9.17, 15) is 12.8 Å². The zero-order valence-electron chi connectivity index (χ0n) is 11.3. The summed E-state index contributed by atoms with van der Waals surface area (Å²) in [5, 5.41) is 0. The highest BCUT2D eigenvalue weighted by Gasteiger charge is 2.23. The minimum atomic E-state index is -3.85. The number of hydrogen-bond acceptors (Lipinski definition) is 4. The van der Waals surface area contributed by atoms with Crippen LogP contribution in [0.1, 0.15) is 18.4 Å². The summed E-state index contributed by atoms with van der Waals surface area (Å²) >= 11 is 4.73. The first-order valence-electron chi connectivity index (χ1n) is 6.57. The van der Waals surface area contributed by atoms with Gasteiger partial charge in [0.05, 0.1) is 10.5 Å². The lowest BCUT2D eigenvalue weighted by Crippen LogP contribution is -2.29. The van der Waals surface area contributed by atoms with Crippen LogP contribution in [-0.2, 0) is 14.8 Å². The van der Waals surface area contributed by atoms with Gasteiger partial charge in [-0.25, -0.2) is 17.5 Å². The molecule has 0 spiro atoms. The predicted octanol–water partition coefficient (Wildman–Crippen LogP) is 1.16. The Labute approximate surface area is 128 Å². The molecule has 5 nitrogen and oxygen atoms in total. The van der Waals surface area contributed by atoms with E-state index in [1.54, 1.807) is 0 Å². The number of thiocarbonyl (C=S) groups is 1. The van der Waals surface area contributed by atoms with Gasteiger partial charge in [-0.05, 0) is 30.9 Å². The Balaban J connectivity index is 2.12. The second-order valence-corrected chi connectivity index (χ2v) is 7.07. The van der Waals surface area contributed by atoms with Crippen molar-refractivity contribution in [3.8, 4) is 0 Å². The molecule has 1 heterocycles. The highest BCUT2D eigenvalue weighted by molar-refractivity contribution is 7.89. The Morgan fingerprint density at radius 2 is 2.29 bits per heavy atom. The van der Waals surface area contributed by atoms with E-state index in [1.165, 1.54) is 12.1 Å². The average molecular weight is 332 g/mol. The molecule has 21 heavy (non-hydrogen) atoms. The molecular weight excluding hydrogens is 315 g/mol. The van der Waals surface area contributed by atoms with Crippen LogP contribution >= 0.6 is 12.2 Å². The lowest BCUT2D eigenvalue weighted by Gasteiger charge is -2.12. The van der Waals surface area contributed by atoms with Gasteiger partial charge < -0.3 is 10.5 Å². The number of benzene rings is 1. The van der Waals surface area contributed by atoms with Gasteiger partial charge in [-0.2, -0.15) is 0 Å². The maximum absolute atomic E-state index is 13.7. The summed E-state index contributed by atoms with van der Waals surface area (Å²) in [6.45, 7) is 1.64. The van der Waals surface area contributed by atoms with E-state index in [0.29, 0.717) is 25.6 Å². The number of rotatable bonds is 6. The quantitative estimate of drug-likeness (QED) is 0.764. The minimum absolute atomic E-state index is 0.224. The fraction of sp³-hybridized carbons (Fsp3) is 0.462. The lowest BCUT2D eigenvalue weighted by atomic mass is 10.1. The van der Waals surface area contributed by atoms with Crippen LogP contribution in [0.3, 0.4) is 0 Å². The topological polar surface area (TPSA) is 81.4 Å². The molecule has 0 saturated carbocycles. The molecule has 1 aliphatic heterocycles. The first-order chi connectivity index (χ1) is 9.92. The van der Waals surface area contributed by atoms with Crippen molar-refractivity contribution in [2.75, 3.05) is 19.8 Å². The molecule has 1 atom stereocenters. The standard InChI is InChI=1S/C13H17FN2O3S2/c14-10-2-1-3-11(12(10)13(15)20)21(17,18)16-6-4-9-5-7-19-8-9/h1-3,9,16H,4-8H2,(H2,15,20). The van der Waals surface area contributed by atoms with Crippen LogP contribution in [-0.4, -0.2) is 33.2 Å². The van der Waals surface area contributed by atoms with Gasteiger partial charge >= 0.3 is 0 Å². The molecule has 1 aliphatic rings. The highest BCUT2D eigenvalue weighted by Crippen LogP contribution is 2.20. The van der Waals surface area contributed by atoms with E-state index in [1.807, 2.05) is 0 Å². The molecular formula is C13H17FN2O3S2. The third kappa shape index (κ3) is 3.97. The number of ether oxygens (including phenoxy) is 1. The van der Waals surface area contributed by atoms with Gasteiger partial charge in [0.2, 0.25) is 10.0 Å². The van der Waals surface area contributed by atoms with Gasteiger partial charge in [-0.15, -0.1) is 0 Å². The number of nitrogens with two attached hydrogens (primary N) is 1. The smallest absolute Gasteiger partial charge is 0.241 e. The molecule has 0 bridgehead atoms. The van der Waals surface area contributed by atoms with Crippen molar-refractivity contribution >= 4 is 27.2 Å². The van der Waals surface area contributed by atoms with E-state index in [2.05, 4.69) is 4.72 Å². The lowest BCUT2D eigenvalue weighted by molar-refractivity contribution is 0.184. The van der Waals surface area contributed by atoms with E-state index >= 15 is 0 Å². The Kier molecular flexibility index (Phi) is 5.26. The molecule has 0 aromatic heterocycles. The fourth-order valence-corrected chi connectivity index (χ4v) is 3.80. The Bertz CT molecular complexity index is 628. The van der Waals surface area contributed by atoms with Crippen molar-refractivity contribution in [3.63, 3.8) is 0 Å². The summed E-state index contributed by atoms with van der Waals surface area (Å²) in [7, 11) is -3.85. The minimum Gasteiger partial charge on any atom is -0.389 e. The van der Waals surface area contributed by atoms with Gasteiger partial charge in [0.25, 0.3) is 0 Å². The first-order valence-corrected chi connectivity index (χ1v) is 8.46. The molecule has 0 amide bonds. The summed E-state index contributed by atoms with van der Waals surface area (Å²) < 4.78 is 45.9. The van der Waals surface area contributed by atoms with Gasteiger partial charge in [-0.3, -0.25) is 0 Å². The summed E-state index contributed by atoms with van der Waals surface area (Å²) in [4.78, 5) is -0.504. The molecule has 0 aliphatic carbocycles. The van der Waals surface area contributed by atoms with Crippen molar-refractivity contribution in [1.29, 1.82) is 0 Å². The van der Waals surface area contributed by atoms with Crippen molar-refractivity contribution in [2.24, 2.45) is 11.7 Å². The molecule has 1 unspecified atom stereocenters. The first kappa shape index (κ1) is 16.3. The molecule has 116 valence electrons. The highest BCUT2D eigenvalue weighted by atomic mass is 32.2. The van der Waals surface area contributed by atoms with Crippen LogP contribution < -0.4 is 10.5 Å². The van der Waals surface area contributed by atoms with Crippen LogP contribution in [0.25, 0.3) is 0 Å². The van der Waals surface area contributed by atoms with Crippen molar-refractivity contribution in [2.45, 2.75) is 17.7 Å². The molecule has 3 N–H and O–H groups in total. The van der Waals surface area contributed by atoms with Gasteiger partial charge in [0, 0.05) is 19.8 Å². The second-order valence-electron chi connectivity index (χ2n) is 4.89. The van der Waals surface area contributed by atoms with Crippen molar-refractivity contribution in [3.05, 3.63) is 29.6 Å². The van der Waals surface area contributed by atoms with E-state index in [0.717, 1.165) is 12.5 Å². The normalized spacial score (nSPS) is 18.8. The number of halogens is 1. The fourth-order valence-electron chi connectivity index (χ4n) is 2.25. The van der Waals surface area contributed by atoms with Gasteiger partial charge in [0.1, 0.15) is 10.8 Å². The number of nitrogens with one attached hydrogen (secondary N) is 1. The van der Waals surface area contributed by atoms with E-state index in [4.69, 9.17) is 22.7 Å². The molecule has 1 aromatic rings. The molecule has 8 heteroatoms. The Morgan fingerprint density at radius 3 is 2.90 bits per heavy atom. The molecule has 1 saturated heterocycles. The largest absolute Gasteiger partial charge is 0.389 e. The summed E-state index contributed by atoms with van der Waals surface area (Å²) in [5.74, 6) is -0.384. The van der Waals surface area contributed by atoms with Crippen LogP contribution in [0.2, 0.25) is 0 Å². The van der Waals surface area contributed by atoms with Crippen molar-refractivity contribution < 1.29 is 17.5 Å². The zero-order chi connectivity index (χ0) is 15.5. The van der Waals surface area contributed by atoms with Crippen LogP contribution in [0.5, 0.6) is 0 Å². The summed E-state index contributed by atoms with van der Waals surface area (Å²) in [6, 6.07) is 3.73. The maximum Gasteiger partial charge on any atom is 0.241 e. The van der Waals surface area contributed by atoms with Crippen LogP contribution in [0.15, 0.2) is 23.1 Å². The Hall–Kier alpha value is -1.09. The molecule has 1 fully saturated rings. The predicted molar refractivity (Wildman–Crippen MR) is 81.0 cm³/mol. The van der Waals surface area contributed by atoms with E-state index in [-0.39, 0.29) is 22.0 Å². The average Bonchev–Trinajstić information content (AvgIpc) is 2.91. The maximum atomic E-state index is 13.7. The van der Waals surface area contributed by atoms with Gasteiger partial charge in [-0.1, -0.05) is 18.3 Å². The monoisotopic (exact) mass is 332 g/mol. The third-order valence-electron chi connectivity index (χ3n) is 3.38. The van der Waals surface area contributed by atoms with E-state index < -0.39 is 15.8 Å². The molecule has 2 rings (SSSR count).